The van der Waals surface area contributed by atoms with Gasteiger partial charge in [-0.3, -0.25) is 0 Å². The van der Waals surface area contributed by atoms with Crippen molar-refractivity contribution in [1.29, 1.82) is 0 Å². The van der Waals surface area contributed by atoms with Gasteiger partial charge in [0.2, 0.25) is 0 Å². The van der Waals surface area contributed by atoms with Crippen molar-refractivity contribution in [3.05, 3.63) is 205 Å². The van der Waals surface area contributed by atoms with Crippen LogP contribution in [0.1, 0.15) is 25.0 Å². The highest BCUT2D eigenvalue weighted by molar-refractivity contribution is 7.54. The first-order valence-electron chi connectivity index (χ1n) is 20.2. The van der Waals surface area contributed by atoms with Crippen molar-refractivity contribution in [3.63, 3.8) is 0 Å². The van der Waals surface area contributed by atoms with Gasteiger partial charge in [-0.2, -0.15) is 0 Å². The van der Waals surface area contributed by atoms with E-state index >= 15 is 0 Å². The fourth-order valence-corrected chi connectivity index (χ4v) is 10.3. The zero-order valence-electron chi connectivity index (χ0n) is 36.7. The molecule has 7 rings (SSSR count). The maximum atomic E-state index is 12.8. The molecule has 12 nitrogen and oxygen atoms in total. The molecule has 0 aromatic heterocycles. The maximum Gasteiger partial charge on any atom is 0.427 e. The van der Waals surface area contributed by atoms with E-state index < -0.39 is 30.4 Å². The second-order valence-electron chi connectivity index (χ2n) is 15.2. The van der Waals surface area contributed by atoms with Crippen molar-refractivity contribution in [2.75, 3.05) is 26.7 Å². The van der Waals surface area contributed by atoms with Gasteiger partial charge in [-0.25, -0.2) is 18.3 Å². The molecule has 0 aliphatic rings. The number of benzene rings is 7. The van der Waals surface area contributed by atoms with E-state index in [0.717, 1.165) is 11.1 Å². The summed E-state index contributed by atoms with van der Waals surface area (Å²) in [6, 6.07) is 56.6. The lowest BCUT2D eigenvalue weighted by molar-refractivity contribution is 0.386. The minimum Gasteiger partial charge on any atom is -0.416 e. The summed E-state index contributed by atoms with van der Waals surface area (Å²) in [5.41, 5.74) is 1.73. The van der Waals surface area contributed by atoms with Crippen LogP contribution < -0.4 is 36.2 Å². The first-order chi connectivity index (χ1) is 30.8. The van der Waals surface area contributed by atoms with Crippen LogP contribution in [0.25, 0.3) is 0 Å². The quantitative estimate of drug-likeness (QED) is 0.0756. The average molecular weight is 955 g/mol. The van der Waals surface area contributed by atoms with E-state index in [9.17, 15) is 18.3 Å². The molecule has 0 aliphatic heterocycles. The highest BCUT2D eigenvalue weighted by Crippen LogP contribution is 2.49. The Kier molecular flexibility index (Phi) is 15.8. The van der Waals surface area contributed by atoms with Crippen LogP contribution >= 0.6 is 30.4 Å². The van der Waals surface area contributed by atoms with Crippen LogP contribution in [0, 0.1) is 0 Å². The van der Waals surface area contributed by atoms with Gasteiger partial charge in [0.25, 0.3) is 0 Å². The molecule has 7 aromatic carbocycles. The van der Waals surface area contributed by atoms with Gasteiger partial charge in [0.1, 0.15) is 46.0 Å². The summed E-state index contributed by atoms with van der Waals surface area (Å²) in [4.78, 5) is 0. The molecule has 0 spiro atoms. The van der Waals surface area contributed by atoms with Gasteiger partial charge >= 0.3 is 30.4 Å². The topological polar surface area (TPSA) is 142 Å². The third-order valence-electron chi connectivity index (χ3n) is 9.10. The smallest absolute Gasteiger partial charge is 0.416 e. The second kappa shape index (κ2) is 21.2. The molecule has 4 atom stereocenters. The zero-order chi connectivity index (χ0) is 46.6. The minimum absolute atomic E-state index is 0.263. The molecule has 0 saturated carbocycles. The lowest BCUT2D eigenvalue weighted by Gasteiger charge is -2.27. The molecule has 0 saturated heterocycles. The van der Waals surface area contributed by atoms with E-state index in [1.54, 1.807) is 115 Å². The van der Waals surface area contributed by atoms with Crippen LogP contribution in [0.5, 0.6) is 46.0 Å². The Bertz CT molecular complexity index is 2610. The lowest BCUT2D eigenvalue weighted by Crippen LogP contribution is -2.18. The van der Waals surface area contributed by atoms with Gasteiger partial charge in [0.05, 0.1) is 26.7 Å². The lowest BCUT2D eigenvalue weighted by atomic mass is 9.78. The van der Waals surface area contributed by atoms with Gasteiger partial charge in [-0.1, -0.05) is 117 Å². The number of rotatable bonds is 18. The van der Waals surface area contributed by atoms with Crippen molar-refractivity contribution in [1.82, 2.24) is 0 Å². The van der Waals surface area contributed by atoms with Gasteiger partial charge in [0.15, 0.2) is 0 Å². The molecule has 0 heterocycles. The minimum atomic E-state index is -3.42. The molecule has 16 heteroatoms. The predicted octanol–water partition coefficient (Wildman–Crippen LogP) is 14.8. The first kappa shape index (κ1) is 48.3. The first-order valence-corrected chi connectivity index (χ1v) is 28.2. The molecular weight excluding hydrogens is 904 g/mol. The molecule has 65 heavy (non-hydrogen) atoms. The fraction of sp³-hybridized carbons (Fsp3) is 0.143. The van der Waals surface area contributed by atoms with Gasteiger partial charge in [0, 0.05) is 11.5 Å². The summed E-state index contributed by atoms with van der Waals surface area (Å²) in [5, 5.41) is 0. The Hall–Kier alpha value is -6.14. The Labute approximate surface area is 380 Å². The molecule has 0 radical (unpaired) electrons. The Morgan fingerprint density at radius 1 is 0.277 bits per heavy atom. The predicted molar refractivity (Wildman–Crippen MR) is 256 cm³/mol. The third-order valence-corrected chi connectivity index (χ3v) is 13.4. The normalized spacial score (nSPS) is 14.7. The molecule has 4 unspecified atom stereocenters. The van der Waals surface area contributed by atoms with Gasteiger partial charge in [-0.15, -0.1) is 0 Å². The van der Waals surface area contributed by atoms with Crippen molar-refractivity contribution < 1.29 is 54.5 Å². The second-order valence-corrected chi connectivity index (χ2v) is 22.8. The number of hydrogen-bond acceptors (Lipinski definition) is 12. The molecule has 0 bridgehead atoms. The van der Waals surface area contributed by atoms with Crippen molar-refractivity contribution in [2.24, 2.45) is 0 Å². The molecule has 338 valence electrons. The van der Waals surface area contributed by atoms with Crippen LogP contribution in [-0.4, -0.2) is 26.7 Å². The highest BCUT2D eigenvalue weighted by atomic mass is 31.2. The number of hydrogen-bond donors (Lipinski definition) is 0. The molecular formula is C49H50O12P4. The summed E-state index contributed by atoms with van der Waals surface area (Å²) in [6.07, 6.45) is 0. The largest absolute Gasteiger partial charge is 0.427 e. The summed E-state index contributed by atoms with van der Waals surface area (Å²) in [5.74, 6) is 3.31. The van der Waals surface area contributed by atoms with E-state index in [0.29, 0.717) is 34.5 Å². The SMILES string of the molecule is CC(C)(c1ccc(OP(C)(=O)Oc2ccccc2)cc1)c1ccc(OP(C)(=O)Oc2ccccc2)cc1.CP(=O)(Oc1ccccc1)Oc1cccc(OP(C)(=O)Oc2ccccc2)c1. The van der Waals surface area contributed by atoms with Crippen LogP contribution in [0.3, 0.4) is 0 Å². The summed E-state index contributed by atoms with van der Waals surface area (Å²) >= 11 is 0. The van der Waals surface area contributed by atoms with Crippen molar-refractivity contribution >= 4 is 30.4 Å². The Balaban J connectivity index is 0.000000224. The van der Waals surface area contributed by atoms with Crippen LogP contribution in [-0.2, 0) is 23.7 Å². The zero-order valence-corrected chi connectivity index (χ0v) is 40.2. The van der Waals surface area contributed by atoms with Gasteiger partial charge < -0.3 is 36.2 Å². The molecule has 0 N–H and O–H groups in total. The monoisotopic (exact) mass is 954 g/mol. The summed E-state index contributed by atoms with van der Waals surface area (Å²) < 4.78 is 95.2. The van der Waals surface area contributed by atoms with Crippen LogP contribution in [0.2, 0.25) is 0 Å². The van der Waals surface area contributed by atoms with E-state index in [1.165, 1.54) is 32.7 Å². The van der Waals surface area contributed by atoms with E-state index in [-0.39, 0.29) is 16.9 Å². The molecule has 0 fully saturated rings. The van der Waals surface area contributed by atoms with Crippen LogP contribution in [0.4, 0.5) is 0 Å². The fourth-order valence-electron chi connectivity index (χ4n) is 6.15. The van der Waals surface area contributed by atoms with E-state index in [1.807, 2.05) is 72.8 Å². The summed E-state index contributed by atoms with van der Waals surface area (Å²) in [6.45, 7) is 9.84. The Morgan fingerprint density at radius 2 is 0.477 bits per heavy atom. The van der Waals surface area contributed by atoms with Crippen molar-refractivity contribution in [3.8, 4) is 46.0 Å². The molecule has 0 aliphatic carbocycles. The van der Waals surface area contributed by atoms with E-state index in [2.05, 4.69) is 13.8 Å². The maximum absolute atomic E-state index is 12.8. The molecule has 0 amide bonds. The highest BCUT2D eigenvalue weighted by Gasteiger charge is 2.27. The standard InChI is InChI=1S/C29H30O6P2.C20H20O6P2/c1-29(2,23-15-19-27(20-16-23)34-36(3,30)32-25-11-7-5-8-12-25)24-17-21-28(22-18-24)35-37(4,31)33-26-13-9-6-10-14-26;1-27(21,23-17-10-5-3-6-11-17)25-19-14-9-15-20(16-19)26-28(2,22)24-18-12-7-4-8-13-18/h5-22H,1-4H3;3-16H,1-2H3. The van der Waals surface area contributed by atoms with Crippen molar-refractivity contribution in [2.45, 2.75) is 19.3 Å². The summed E-state index contributed by atoms with van der Waals surface area (Å²) in [7, 11) is -13.5. The average Bonchev–Trinajstić information content (AvgIpc) is 3.24. The van der Waals surface area contributed by atoms with Crippen LogP contribution in [0.15, 0.2) is 194 Å². The van der Waals surface area contributed by atoms with Gasteiger partial charge in [-0.05, 0) is 96.1 Å². The Morgan fingerprint density at radius 3 is 0.723 bits per heavy atom. The van der Waals surface area contributed by atoms with E-state index in [4.69, 9.17) is 36.2 Å². The number of para-hydroxylation sites is 4. The molecule has 7 aromatic rings. The third kappa shape index (κ3) is 15.5.